The number of carboxylic acid groups (broad SMARTS) is 1. The molecule has 1 aromatic rings. The number of carbonyl (C=O) groups excluding carboxylic acids is 2. The highest BCUT2D eigenvalue weighted by Gasteiger charge is 2.30. The van der Waals surface area contributed by atoms with Crippen LogP contribution in [0.1, 0.15) is 32.1 Å². The highest BCUT2D eigenvalue weighted by Crippen LogP contribution is 2.13. The molecule has 1 aliphatic heterocycles. The van der Waals surface area contributed by atoms with Crippen molar-refractivity contribution in [2.75, 3.05) is 18.4 Å². The Morgan fingerprint density at radius 3 is 2.27 bits per heavy atom. The van der Waals surface area contributed by atoms with E-state index in [0.29, 0.717) is 10.7 Å². The van der Waals surface area contributed by atoms with Crippen LogP contribution >= 0.6 is 11.6 Å². The molecule has 1 atom stereocenters. The zero-order valence-electron chi connectivity index (χ0n) is 12.4. The number of amides is 1. The zero-order chi connectivity index (χ0) is 15.9. The normalized spacial score (nSPS) is 17.5. The molecule has 0 radical (unpaired) electrons. The van der Waals surface area contributed by atoms with E-state index in [4.69, 9.17) is 11.6 Å². The molecule has 5 nitrogen and oxygen atoms in total. The highest BCUT2D eigenvalue weighted by molar-refractivity contribution is 6.30. The smallest absolute Gasteiger partial charge is 0.283 e. The third-order valence-corrected chi connectivity index (χ3v) is 4.29. The molecule has 1 heterocycles. The molecule has 0 aromatic heterocycles. The predicted molar refractivity (Wildman–Crippen MR) is 82.7 cm³/mol. The van der Waals surface area contributed by atoms with Crippen molar-refractivity contribution < 1.29 is 19.6 Å². The zero-order valence-corrected chi connectivity index (χ0v) is 13.2. The van der Waals surface area contributed by atoms with Gasteiger partial charge in [-0.25, -0.2) is 0 Å². The van der Waals surface area contributed by atoms with E-state index in [-0.39, 0.29) is 12.3 Å². The molecule has 0 saturated carbocycles. The summed E-state index contributed by atoms with van der Waals surface area (Å²) in [5, 5.41) is 14.4. The van der Waals surface area contributed by atoms with Crippen LogP contribution in [0, 0.1) is 0 Å². The molecule has 1 amide bonds. The first kappa shape index (κ1) is 16.8. The van der Waals surface area contributed by atoms with E-state index < -0.39 is 12.0 Å². The minimum Gasteiger partial charge on any atom is -0.550 e. The van der Waals surface area contributed by atoms with Gasteiger partial charge >= 0.3 is 0 Å². The van der Waals surface area contributed by atoms with Crippen LogP contribution in [0.25, 0.3) is 0 Å². The number of halogens is 1. The second kappa shape index (κ2) is 8.15. The standard InChI is InChI=1S/C16H21ClN2O3/c17-12-5-7-13(8-6-12)18-16(22)14(11-15(20)21)19-9-3-1-2-4-10-19/h5-8,14H,1-4,9-11H2,(H,18,22)(H,20,21)/t14-/m0/s1. The van der Waals surface area contributed by atoms with Crippen molar-refractivity contribution in [1.82, 2.24) is 0 Å². The highest BCUT2D eigenvalue weighted by atomic mass is 35.5. The van der Waals surface area contributed by atoms with Gasteiger partial charge < -0.3 is 20.1 Å². The van der Waals surface area contributed by atoms with Gasteiger partial charge in [0.05, 0.1) is 13.1 Å². The van der Waals surface area contributed by atoms with Gasteiger partial charge in [-0.2, -0.15) is 0 Å². The fourth-order valence-electron chi connectivity index (χ4n) is 2.88. The molecule has 0 aliphatic carbocycles. The van der Waals surface area contributed by atoms with E-state index >= 15 is 0 Å². The van der Waals surface area contributed by atoms with Crippen molar-refractivity contribution in [3.63, 3.8) is 0 Å². The van der Waals surface area contributed by atoms with Crippen molar-refractivity contribution in [3.8, 4) is 0 Å². The van der Waals surface area contributed by atoms with Crippen molar-refractivity contribution in [3.05, 3.63) is 29.3 Å². The number of anilines is 1. The number of likely N-dealkylation sites (tertiary alicyclic amines) is 1. The topological polar surface area (TPSA) is 73.7 Å². The number of quaternary nitrogens is 1. The Morgan fingerprint density at radius 2 is 1.73 bits per heavy atom. The molecular weight excluding hydrogens is 304 g/mol. The van der Waals surface area contributed by atoms with Gasteiger partial charge in [0.2, 0.25) is 0 Å². The first-order chi connectivity index (χ1) is 10.6. The number of rotatable bonds is 5. The third kappa shape index (κ3) is 5.00. The lowest BCUT2D eigenvalue weighted by molar-refractivity contribution is -0.914. The van der Waals surface area contributed by atoms with Crippen LogP contribution in [0.3, 0.4) is 0 Å². The van der Waals surface area contributed by atoms with E-state index in [1.807, 2.05) is 0 Å². The lowest BCUT2D eigenvalue weighted by atomic mass is 10.1. The largest absolute Gasteiger partial charge is 0.550 e. The number of hydrogen-bond acceptors (Lipinski definition) is 3. The maximum absolute atomic E-state index is 12.5. The van der Waals surface area contributed by atoms with Crippen molar-refractivity contribution in [2.24, 2.45) is 0 Å². The predicted octanol–water partition coefficient (Wildman–Crippen LogP) is 0.246. The van der Waals surface area contributed by atoms with Gasteiger partial charge in [-0.3, -0.25) is 4.79 Å². The van der Waals surface area contributed by atoms with Gasteiger partial charge in [0.25, 0.3) is 5.91 Å². The number of hydrogen-bond donors (Lipinski definition) is 2. The molecule has 1 aliphatic rings. The number of aliphatic carboxylic acids is 1. The van der Waals surface area contributed by atoms with Crippen LogP contribution in [-0.2, 0) is 9.59 Å². The molecule has 1 aromatic carbocycles. The van der Waals surface area contributed by atoms with Gasteiger partial charge in [0.1, 0.15) is 0 Å². The molecular formula is C16H21ClN2O3. The summed E-state index contributed by atoms with van der Waals surface area (Å²) in [6.45, 7) is 1.65. The third-order valence-electron chi connectivity index (χ3n) is 4.04. The molecule has 0 unspecified atom stereocenters. The number of carbonyl (C=O) groups is 2. The second-order valence-corrected chi connectivity index (χ2v) is 6.13. The lowest BCUT2D eigenvalue weighted by Gasteiger charge is -2.27. The van der Waals surface area contributed by atoms with Crippen LogP contribution in [0.15, 0.2) is 24.3 Å². The van der Waals surface area contributed by atoms with Crippen LogP contribution in [0.5, 0.6) is 0 Å². The summed E-state index contributed by atoms with van der Waals surface area (Å²) in [7, 11) is 0. The van der Waals surface area contributed by atoms with E-state index in [2.05, 4.69) is 5.32 Å². The van der Waals surface area contributed by atoms with Crippen LogP contribution < -0.4 is 15.3 Å². The van der Waals surface area contributed by atoms with Gasteiger partial charge in [0.15, 0.2) is 6.04 Å². The van der Waals surface area contributed by atoms with E-state index in [1.54, 1.807) is 24.3 Å². The summed E-state index contributed by atoms with van der Waals surface area (Å²) < 4.78 is 0. The number of benzene rings is 1. The SMILES string of the molecule is O=C([O-])C[C@@H](C(=O)Nc1ccc(Cl)cc1)[NH+]1CCCCCC1. The maximum Gasteiger partial charge on any atom is 0.283 e. The Labute approximate surface area is 135 Å². The van der Waals surface area contributed by atoms with Crippen LogP contribution in [-0.4, -0.2) is 31.0 Å². The molecule has 0 spiro atoms. The fraction of sp³-hybridized carbons (Fsp3) is 0.500. The molecule has 22 heavy (non-hydrogen) atoms. The lowest BCUT2D eigenvalue weighted by Crippen LogP contribution is -3.17. The molecule has 2 N–H and O–H groups in total. The first-order valence-electron chi connectivity index (χ1n) is 7.67. The summed E-state index contributed by atoms with van der Waals surface area (Å²) in [4.78, 5) is 24.5. The van der Waals surface area contributed by atoms with Gasteiger partial charge in [-0.15, -0.1) is 0 Å². The Morgan fingerprint density at radius 1 is 1.14 bits per heavy atom. The Balaban J connectivity index is 2.07. The van der Waals surface area contributed by atoms with Crippen molar-refractivity contribution in [2.45, 2.75) is 38.1 Å². The number of carboxylic acids is 1. The first-order valence-corrected chi connectivity index (χ1v) is 8.05. The van der Waals surface area contributed by atoms with E-state index in [1.165, 1.54) is 0 Å². The molecule has 2 rings (SSSR count). The molecule has 120 valence electrons. The molecule has 6 heteroatoms. The Bertz CT molecular complexity index is 511. The summed E-state index contributed by atoms with van der Waals surface area (Å²) in [6, 6.07) is 6.16. The van der Waals surface area contributed by atoms with Gasteiger partial charge in [-0.1, -0.05) is 11.6 Å². The average Bonchev–Trinajstić information content (AvgIpc) is 2.76. The van der Waals surface area contributed by atoms with Gasteiger partial charge in [-0.05, 0) is 49.9 Å². The van der Waals surface area contributed by atoms with Crippen LogP contribution in [0.4, 0.5) is 5.69 Å². The minimum absolute atomic E-state index is 0.255. The fourth-order valence-corrected chi connectivity index (χ4v) is 3.01. The average molecular weight is 325 g/mol. The number of nitrogens with one attached hydrogen (secondary N) is 2. The maximum atomic E-state index is 12.5. The minimum atomic E-state index is -1.19. The van der Waals surface area contributed by atoms with Crippen LogP contribution in [0.2, 0.25) is 5.02 Å². The Kier molecular flexibility index (Phi) is 6.21. The molecule has 1 fully saturated rings. The summed E-state index contributed by atoms with van der Waals surface area (Å²) in [5.41, 5.74) is 0.618. The Hall–Kier alpha value is -1.59. The van der Waals surface area contributed by atoms with E-state index in [9.17, 15) is 14.7 Å². The summed E-state index contributed by atoms with van der Waals surface area (Å²) >= 11 is 5.82. The molecule has 0 bridgehead atoms. The molecule has 1 saturated heterocycles. The monoisotopic (exact) mass is 324 g/mol. The second-order valence-electron chi connectivity index (χ2n) is 5.70. The van der Waals surface area contributed by atoms with Crippen molar-refractivity contribution >= 4 is 29.2 Å². The summed E-state index contributed by atoms with van der Waals surface area (Å²) in [6.07, 6.45) is 4.07. The quantitative estimate of drug-likeness (QED) is 0.815. The van der Waals surface area contributed by atoms with Gasteiger partial charge in [0, 0.05) is 23.1 Å². The van der Waals surface area contributed by atoms with E-state index in [0.717, 1.165) is 43.7 Å². The summed E-state index contributed by atoms with van der Waals surface area (Å²) in [5.74, 6) is -1.46. The van der Waals surface area contributed by atoms with Crippen molar-refractivity contribution in [1.29, 1.82) is 0 Å².